The average molecular weight is 614 g/mol. The Morgan fingerprint density at radius 3 is 2.10 bits per heavy atom. The zero-order valence-corrected chi connectivity index (χ0v) is 23.6. The van der Waals surface area contributed by atoms with Crippen molar-refractivity contribution >= 4 is 20.1 Å². The zero-order chi connectivity index (χ0) is 30.8. The lowest BCUT2D eigenvalue weighted by Crippen LogP contribution is -2.76. The van der Waals surface area contributed by atoms with E-state index in [9.17, 15) is 38.3 Å². The summed E-state index contributed by atoms with van der Waals surface area (Å²) in [6, 6.07) is 0.955. The summed E-state index contributed by atoms with van der Waals surface area (Å²) in [7, 11) is -4.92. The van der Waals surface area contributed by atoms with Crippen LogP contribution in [0.25, 0.3) is 0 Å². The van der Waals surface area contributed by atoms with E-state index in [0.29, 0.717) is 0 Å². The molecule has 0 spiro atoms. The molecule has 232 valence electrons. The second kappa shape index (κ2) is 12.6. The Morgan fingerprint density at radius 1 is 1.10 bits per heavy atom. The minimum Gasteiger partial charge on any atom is -0.432 e. The summed E-state index contributed by atoms with van der Waals surface area (Å²) in [4.78, 5) is 49.1. The number of rotatable bonds is 12. The number of halogens is 1. The lowest BCUT2D eigenvalue weighted by molar-refractivity contribution is -0.270. The molecule has 0 amide bonds. The van der Waals surface area contributed by atoms with Crippen LogP contribution in [0.2, 0.25) is 0 Å². The number of nitrogens with one attached hydrogen (secondary N) is 1. The third-order valence-corrected chi connectivity index (χ3v) is 7.57. The molecule has 6 atom stereocenters. The van der Waals surface area contributed by atoms with Gasteiger partial charge in [-0.2, -0.15) is 0 Å². The molecular weight excluding hydrogens is 582 g/mol. The summed E-state index contributed by atoms with van der Waals surface area (Å²) in [6.45, 7) is 3.74. The van der Waals surface area contributed by atoms with Gasteiger partial charge in [-0.1, -0.05) is 0 Å². The molecular formula is C22H32FN2O15P. The highest BCUT2D eigenvalue weighted by atomic mass is 31.2. The van der Waals surface area contributed by atoms with E-state index in [2.05, 4.69) is 9.47 Å². The average Bonchev–Trinajstić information content (AvgIpc) is 3.00. The maximum atomic E-state index is 14.2. The predicted octanol–water partition coefficient (Wildman–Crippen LogP) is 1.08. The fraction of sp³-hybridized carbons (Fsp3) is 0.727. The number of aromatic nitrogens is 2. The molecule has 1 aromatic rings. The van der Waals surface area contributed by atoms with Gasteiger partial charge in [0.2, 0.25) is 13.6 Å². The topological polar surface area (TPSA) is 220 Å². The largest absolute Gasteiger partial charge is 0.510 e. The van der Waals surface area contributed by atoms with Gasteiger partial charge in [-0.15, -0.1) is 0 Å². The molecule has 19 heteroatoms. The SMILES string of the molecule is CC(C)OC(=O)OCOP(=O)(OCOC(=O)OC(C)C)OC1C(CF)C2(O)C1OC(n1ccc(=O)[nH]c1=O)C2(C)O. The molecule has 1 aliphatic carbocycles. The van der Waals surface area contributed by atoms with Gasteiger partial charge in [0.05, 0.1) is 24.8 Å². The van der Waals surface area contributed by atoms with Gasteiger partial charge in [0, 0.05) is 12.3 Å². The first kappa shape index (κ1) is 32.7. The number of aromatic amines is 1. The van der Waals surface area contributed by atoms with E-state index >= 15 is 0 Å². The van der Waals surface area contributed by atoms with Crippen LogP contribution in [0.5, 0.6) is 0 Å². The van der Waals surface area contributed by atoms with Crippen LogP contribution in [0.4, 0.5) is 14.0 Å². The van der Waals surface area contributed by atoms with E-state index in [1.807, 2.05) is 4.98 Å². The van der Waals surface area contributed by atoms with E-state index < -0.39 is 99.4 Å². The Labute approximate surface area is 231 Å². The first-order valence-electron chi connectivity index (χ1n) is 12.3. The molecule has 1 aromatic heterocycles. The van der Waals surface area contributed by atoms with E-state index in [1.54, 1.807) is 0 Å². The molecule has 2 heterocycles. The standard InChI is InChI=1S/C22H32FN2O15P/c1-11(2)37-19(28)33-9-35-41(32,36-10-34-20(29)38-12(3)4)40-15-13(8-23)22(31)16(15)39-17(21(22,5)30)25-7-6-14(26)24-18(25)27/h6-7,11-13,15-17,30-31H,8-10H2,1-5H3,(H,24,26,27). The smallest absolute Gasteiger partial charge is 0.432 e. The number of fused-ring (bicyclic) bond motifs is 1. The normalized spacial score (nSPS) is 29.1. The molecule has 0 aromatic carbocycles. The fourth-order valence-corrected chi connectivity index (χ4v) is 5.49. The highest BCUT2D eigenvalue weighted by Crippen LogP contribution is 2.63. The number of H-pyrrole nitrogens is 1. The molecule has 1 saturated heterocycles. The van der Waals surface area contributed by atoms with E-state index in [4.69, 9.17) is 27.8 Å². The van der Waals surface area contributed by atoms with E-state index in [1.165, 1.54) is 27.7 Å². The Morgan fingerprint density at radius 2 is 1.63 bits per heavy atom. The number of hydrogen-bond donors (Lipinski definition) is 3. The van der Waals surface area contributed by atoms with E-state index in [-0.39, 0.29) is 0 Å². The minimum absolute atomic E-state index is 0.560. The Bertz CT molecular complexity index is 1230. The molecule has 3 N–H and O–H groups in total. The lowest BCUT2D eigenvalue weighted by atomic mass is 9.59. The van der Waals surface area contributed by atoms with Crippen LogP contribution in [0, 0.1) is 5.92 Å². The van der Waals surface area contributed by atoms with Gasteiger partial charge in [0.25, 0.3) is 5.56 Å². The van der Waals surface area contributed by atoms with E-state index in [0.717, 1.165) is 23.8 Å². The Kier molecular flexibility index (Phi) is 10.0. The van der Waals surface area contributed by atoms with Crippen LogP contribution in [0.3, 0.4) is 0 Å². The third kappa shape index (κ3) is 6.80. The maximum Gasteiger partial charge on any atom is 0.510 e. The second-order valence-corrected chi connectivity index (χ2v) is 11.4. The number of hydrogen-bond acceptors (Lipinski definition) is 15. The fourth-order valence-electron chi connectivity index (χ4n) is 4.38. The molecule has 41 heavy (non-hydrogen) atoms. The molecule has 3 rings (SSSR count). The molecule has 2 aliphatic rings. The molecule has 6 unspecified atom stereocenters. The summed E-state index contributed by atoms with van der Waals surface area (Å²) >= 11 is 0. The van der Waals surface area contributed by atoms with Crippen molar-refractivity contribution in [1.82, 2.24) is 9.55 Å². The van der Waals surface area contributed by atoms with Gasteiger partial charge in [0.15, 0.2) is 6.23 Å². The van der Waals surface area contributed by atoms with Crippen molar-refractivity contribution in [1.29, 1.82) is 0 Å². The van der Waals surface area contributed by atoms with Crippen molar-refractivity contribution in [3.63, 3.8) is 0 Å². The molecule has 0 radical (unpaired) electrons. The van der Waals surface area contributed by atoms with Crippen molar-refractivity contribution in [2.24, 2.45) is 5.92 Å². The first-order valence-corrected chi connectivity index (χ1v) is 13.7. The monoisotopic (exact) mass is 614 g/mol. The van der Waals surface area contributed by atoms with Crippen LogP contribution < -0.4 is 11.2 Å². The highest BCUT2D eigenvalue weighted by molar-refractivity contribution is 7.48. The summed E-state index contributed by atoms with van der Waals surface area (Å²) < 4.78 is 68.2. The molecule has 2 fully saturated rings. The van der Waals surface area contributed by atoms with Crippen LogP contribution in [-0.4, -0.2) is 88.0 Å². The van der Waals surface area contributed by atoms with Crippen LogP contribution in [0.15, 0.2) is 21.9 Å². The lowest BCUT2D eigenvalue weighted by Gasteiger charge is -2.55. The highest BCUT2D eigenvalue weighted by Gasteiger charge is 2.79. The molecule has 1 saturated carbocycles. The first-order chi connectivity index (χ1) is 19.1. The van der Waals surface area contributed by atoms with Gasteiger partial charge in [-0.05, 0) is 34.6 Å². The number of alkyl halides is 1. The number of ether oxygens (including phenoxy) is 5. The van der Waals surface area contributed by atoms with Gasteiger partial charge in [-0.25, -0.2) is 28.0 Å². The summed E-state index contributed by atoms with van der Waals surface area (Å²) in [6.07, 6.45) is -7.45. The number of phosphoric ester groups is 1. The van der Waals surface area contributed by atoms with Gasteiger partial charge in [-0.3, -0.25) is 23.3 Å². The van der Waals surface area contributed by atoms with Crippen molar-refractivity contribution < 1.29 is 66.0 Å². The van der Waals surface area contributed by atoms with Crippen LogP contribution >= 0.6 is 7.82 Å². The van der Waals surface area contributed by atoms with Gasteiger partial charge >= 0.3 is 25.8 Å². The summed E-state index contributed by atoms with van der Waals surface area (Å²) in [5.41, 5.74) is -6.49. The zero-order valence-electron chi connectivity index (χ0n) is 22.7. The summed E-state index contributed by atoms with van der Waals surface area (Å²) in [5, 5.41) is 22.5. The number of carbonyl (C=O) groups excluding carboxylic acids is 2. The van der Waals surface area contributed by atoms with Crippen molar-refractivity contribution in [2.75, 3.05) is 20.3 Å². The number of phosphoric acid groups is 1. The number of aliphatic hydroxyl groups is 2. The third-order valence-electron chi connectivity index (χ3n) is 6.22. The Hall–Kier alpha value is -2.86. The predicted molar refractivity (Wildman–Crippen MR) is 130 cm³/mol. The minimum atomic E-state index is -4.92. The number of carbonyl (C=O) groups is 2. The quantitative estimate of drug-likeness (QED) is 0.170. The van der Waals surface area contributed by atoms with Gasteiger partial charge < -0.3 is 33.9 Å². The molecule has 0 bridgehead atoms. The summed E-state index contributed by atoms with van der Waals surface area (Å²) in [5.74, 6) is -1.62. The second-order valence-electron chi connectivity index (χ2n) is 9.79. The molecule has 17 nitrogen and oxygen atoms in total. The van der Waals surface area contributed by atoms with Crippen molar-refractivity contribution in [2.45, 2.75) is 76.5 Å². The van der Waals surface area contributed by atoms with Crippen molar-refractivity contribution in [3.8, 4) is 0 Å². The van der Waals surface area contributed by atoms with Crippen molar-refractivity contribution in [3.05, 3.63) is 33.1 Å². The van der Waals surface area contributed by atoms with Crippen LogP contribution in [0.1, 0.15) is 40.8 Å². The van der Waals surface area contributed by atoms with Gasteiger partial charge in [0.1, 0.15) is 23.4 Å². The maximum absolute atomic E-state index is 14.2. The number of nitrogens with zero attached hydrogens (tertiary/aromatic N) is 1. The van der Waals surface area contributed by atoms with Crippen LogP contribution in [-0.2, 0) is 41.8 Å². The Balaban J connectivity index is 1.82. The molecule has 1 aliphatic heterocycles.